The summed E-state index contributed by atoms with van der Waals surface area (Å²) in [6, 6.07) is 0.983. The molecule has 5 rings (SSSR count). The molecule has 1 fully saturated rings. The zero-order valence-electron chi connectivity index (χ0n) is 14.3. The smallest absolute Gasteiger partial charge is 0.223 e. The Morgan fingerprint density at radius 2 is 2.07 bits per heavy atom. The van der Waals surface area contributed by atoms with E-state index in [1.807, 2.05) is 6.92 Å². The molecular formula is C18H15ClF2N4O2. The zero-order valence-corrected chi connectivity index (χ0v) is 15.1. The molecule has 9 heteroatoms. The van der Waals surface area contributed by atoms with E-state index < -0.39 is 17.2 Å². The Kier molecular flexibility index (Phi) is 3.48. The number of nitrogens with zero attached hydrogens (tertiary/aromatic N) is 4. The highest BCUT2D eigenvalue weighted by Crippen LogP contribution is 2.48. The summed E-state index contributed by atoms with van der Waals surface area (Å²) in [4.78, 5) is 11.9. The molecule has 0 saturated heterocycles. The lowest BCUT2D eigenvalue weighted by Crippen LogP contribution is -2.38. The molecule has 1 atom stereocenters. The van der Waals surface area contributed by atoms with E-state index in [4.69, 9.17) is 16.3 Å². The monoisotopic (exact) mass is 392 g/mol. The van der Waals surface area contributed by atoms with Gasteiger partial charge in [0.05, 0.1) is 17.8 Å². The summed E-state index contributed by atoms with van der Waals surface area (Å²) in [7, 11) is 0. The first-order chi connectivity index (χ1) is 12.9. The Balaban J connectivity index is 1.85. The second kappa shape index (κ2) is 5.59. The van der Waals surface area contributed by atoms with Crippen LogP contribution in [0.15, 0.2) is 12.3 Å². The van der Waals surface area contributed by atoms with Crippen LogP contribution in [-0.2, 0) is 5.60 Å². The lowest BCUT2D eigenvalue weighted by Gasteiger charge is -2.38. The fraction of sp³-hybridized carbons (Fsp3) is 0.389. The Morgan fingerprint density at radius 3 is 2.78 bits per heavy atom. The van der Waals surface area contributed by atoms with Crippen LogP contribution in [0.1, 0.15) is 38.1 Å². The van der Waals surface area contributed by atoms with Crippen LogP contribution in [0.2, 0.25) is 5.28 Å². The van der Waals surface area contributed by atoms with Gasteiger partial charge in [-0.25, -0.2) is 23.7 Å². The Hall–Kier alpha value is -2.32. The van der Waals surface area contributed by atoms with E-state index in [0.717, 1.165) is 18.7 Å². The highest BCUT2D eigenvalue weighted by atomic mass is 35.5. The Bertz CT molecular complexity index is 1100. The van der Waals surface area contributed by atoms with Crippen molar-refractivity contribution in [2.75, 3.05) is 6.61 Å². The first-order valence-corrected chi connectivity index (χ1v) is 9.05. The number of hydrogen-bond acceptors (Lipinski definition) is 5. The van der Waals surface area contributed by atoms with Gasteiger partial charge < -0.3 is 14.4 Å². The summed E-state index contributed by atoms with van der Waals surface area (Å²) >= 11 is 5.80. The van der Waals surface area contributed by atoms with E-state index in [-0.39, 0.29) is 40.5 Å². The van der Waals surface area contributed by atoms with Crippen LogP contribution < -0.4 is 4.74 Å². The molecule has 6 nitrogen and oxygen atoms in total. The predicted molar refractivity (Wildman–Crippen MR) is 93.6 cm³/mol. The van der Waals surface area contributed by atoms with Crippen LogP contribution in [0.4, 0.5) is 8.78 Å². The maximum atomic E-state index is 14.9. The van der Waals surface area contributed by atoms with Gasteiger partial charge in [-0.2, -0.15) is 0 Å². The fourth-order valence-electron chi connectivity index (χ4n) is 3.83. The van der Waals surface area contributed by atoms with E-state index in [0.29, 0.717) is 24.2 Å². The van der Waals surface area contributed by atoms with Gasteiger partial charge in [0, 0.05) is 0 Å². The molecule has 1 aliphatic heterocycles. The maximum Gasteiger partial charge on any atom is 0.223 e. The van der Waals surface area contributed by atoms with Gasteiger partial charge in [-0.15, -0.1) is 0 Å². The molecule has 0 bridgehead atoms. The number of aliphatic hydroxyl groups is 1. The third-order valence-corrected chi connectivity index (χ3v) is 5.53. The molecule has 1 aromatic carbocycles. The second-order valence-corrected chi connectivity index (χ2v) is 7.46. The third-order valence-electron chi connectivity index (χ3n) is 5.34. The number of ether oxygens (including phenoxy) is 1. The number of imidazole rings is 1. The molecule has 1 aliphatic carbocycles. The average Bonchev–Trinajstić information content (AvgIpc) is 3.03. The Morgan fingerprint density at radius 1 is 1.30 bits per heavy atom. The topological polar surface area (TPSA) is 73.1 Å². The van der Waals surface area contributed by atoms with Crippen molar-refractivity contribution in [2.24, 2.45) is 0 Å². The number of rotatable bonds is 2. The van der Waals surface area contributed by atoms with Crippen molar-refractivity contribution in [1.29, 1.82) is 0 Å². The molecule has 140 valence electrons. The Labute approximate surface area is 157 Å². The van der Waals surface area contributed by atoms with Crippen LogP contribution in [0.25, 0.3) is 22.3 Å². The average molecular weight is 393 g/mol. The molecule has 0 unspecified atom stereocenters. The number of halogens is 3. The SMILES string of the molecule is C[C@H]1COc2c(-c3nc(Cl)ncc3F)cc(F)c3nc(C4(O)CCC4)n1c23. The van der Waals surface area contributed by atoms with Crippen molar-refractivity contribution in [3.63, 3.8) is 0 Å². The van der Waals surface area contributed by atoms with E-state index in [1.165, 1.54) is 0 Å². The van der Waals surface area contributed by atoms with Crippen molar-refractivity contribution < 1.29 is 18.6 Å². The molecule has 2 aromatic heterocycles. The van der Waals surface area contributed by atoms with Crippen molar-refractivity contribution in [2.45, 2.75) is 37.8 Å². The molecular weight excluding hydrogens is 378 g/mol. The molecule has 0 amide bonds. The zero-order chi connectivity index (χ0) is 18.9. The number of benzene rings is 1. The fourth-order valence-corrected chi connectivity index (χ4v) is 3.97. The summed E-state index contributed by atoms with van der Waals surface area (Å²) in [6.07, 6.45) is 2.97. The van der Waals surface area contributed by atoms with Crippen LogP contribution in [0.5, 0.6) is 5.75 Å². The summed E-state index contributed by atoms with van der Waals surface area (Å²) in [5, 5.41) is 10.7. The van der Waals surface area contributed by atoms with E-state index in [1.54, 1.807) is 4.57 Å². The minimum atomic E-state index is -1.07. The molecule has 2 aliphatic rings. The molecule has 0 radical (unpaired) electrons. The van der Waals surface area contributed by atoms with Gasteiger partial charge >= 0.3 is 0 Å². The molecule has 27 heavy (non-hydrogen) atoms. The number of aromatic nitrogens is 4. The van der Waals surface area contributed by atoms with Gasteiger partial charge in [0.25, 0.3) is 0 Å². The van der Waals surface area contributed by atoms with Crippen molar-refractivity contribution in [3.05, 3.63) is 35.0 Å². The van der Waals surface area contributed by atoms with Crippen LogP contribution >= 0.6 is 11.6 Å². The van der Waals surface area contributed by atoms with Crippen LogP contribution in [0, 0.1) is 11.6 Å². The largest absolute Gasteiger partial charge is 0.488 e. The quantitative estimate of drug-likeness (QED) is 0.672. The summed E-state index contributed by atoms with van der Waals surface area (Å²) in [6.45, 7) is 2.18. The predicted octanol–water partition coefficient (Wildman–Crippen LogP) is 3.75. The van der Waals surface area contributed by atoms with Gasteiger partial charge in [0.1, 0.15) is 34.8 Å². The summed E-state index contributed by atoms with van der Waals surface area (Å²) in [5.41, 5.74) is -0.582. The first kappa shape index (κ1) is 16.8. The van der Waals surface area contributed by atoms with Gasteiger partial charge in [-0.1, -0.05) is 0 Å². The first-order valence-electron chi connectivity index (χ1n) is 8.67. The minimum absolute atomic E-state index is 0.0937. The van der Waals surface area contributed by atoms with Crippen molar-refractivity contribution >= 4 is 22.6 Å². The molecule has 3 heterocycles. The van der Waals surface area contributed by atoms with Gasteiger partial charge in [0.2, 0.25) is 5.28 Å². The van der Waals surface area contributed by atoms with E-state index in [2.05, 4.69) is 15.0 Å². The highest BCUT2D eigenvalue weighted by Gasteiger charge is 2.43. The lowest BCUT2D eigenvalue weighted by molar-refractivity contribution is -0.0506. The standard InChI is InChI=1S/C18H15ClF2N4O2/c1-8-7-27-15-9(12-11(21)6-22-17(19)24-12)5-10(20)13-14(15)25(8)16(23-13)18(26)3-2-4-18/h5-6,8,26H,2-4,7H2,1H3/t8-/m0/s1. The minimum Gasteiger partial charge on any atom is -0.488 e. The lowest BCUT2D eigenvalue weighted by atomic mass is 9.79. The number of hydrogen-bond donors (Lipinski definition) is 1. The molecule has 1 N–H and O–H groups in total. The van der Waals surface area contributed by atoms with Crippen LogP contribution in [0.3, 0.4) is 0 Å². The van der Waals surface area contributed by atoms with Crippen molar-refractivity contribution in [3.8, 4) is 17.0 Å². The van der Waals surface area contributed by atoms with E-state index in [9.17, 15) is 13.9 Å². The van der Waals surface area contributed by atoms with Crippen LogP contribution in [-0.4, -0.2) is 31.2 Å². The highest BCUT2D eigenvalue weighted by molar-refractivity contribution is 6.28. The summed E-state index contributed by atoms with van der Waals surface area (Å²) in [5.74, 6) is -0.670. The maximum absolute atomic E-state index is 14.9. The van der Waals surface area contributed by atoms with Crippen molar-refractivity contribution in [1.82, 2.24) is 19.5 Å². The third kappa shape index (κ3) is 2.29. The summed E-state index contributed by atoms with van der Waals surface area (Å²) < 4.78 is 36.9. The van der Waals surface area contributed by atoms with Gasteiger partial charge in [-0.3, -0.25) is 0 Å². The second-order valence-electron chi connectivity index (χ2n) is 7.12. The van der Waals surface area contributed by atoms with Gasteiger partial charge in [-0.05, 0) is 43.9 Å². The van der Waals surface area contributed by atoms with Gasteiger partial charge in [0.15, 0.2) is 17.4 Å². The van der Waals surface area contributed by atoms with E-state index >= 15 is 0 Å². The molecule has 1 saturated carbocycles. The normalized spacial score (nSPS) is 20.4. The molecule has 0 spiro atoms. The molecule has 3 aromatic rings.